The lowest BCUT2D eigenvalue weighted by Gasteiger charge is -2.32. The molecular weight excluding hydrogens is 412 g/mol. The van der Waals surface area contributed by atoms with Crippen LogP contribution < -0.4 is 9.47 Å². The van der Waals surface area contributed by atoms with Crippen molar-refractivity contribution in [2.24, 2.45) is 7.05 Å². The van der Waals surface area contributed by atoms with E-state index in [1.807, 2.05) is 24.5 Å². The summed E-state index contributed by atoms with van der Waals surface area (Å²) in [5, 5.41) is 1.30. The molecular formula is C27H32N4O2. The number of nitrogens with one attached hydrogen (secondary N) is 1. The van der Waals surface area contributed by atoms with Gasteiger partial charge in [-0.05, 0) is 80.2 Å². The summed E-state index contributed by atoms with van der Waals surface area (Å²) >= 11 is 0. The topological polar surface area (TPSA) is 55.3 Å². The SMILES string of the molecule is COc1ccc(-c2[nH]c3ccc(C4CCN(Cc5nccn5C)CC4)cc3c2C)cc1OC. The van der Waals surface area contributed by atoms with E-state index < -0.39 is 0 Å². The summed E-state index contributed by atoms with van der Waals surface area (Å²) in [6, 6.07) is 13.0. The molecule has 0 spiro atoms. The summed E-state index contributed by atoms with van der Waals surface area (Å²) in [5.74, 6) is 3.23. The van der Waals surface area contributed by atoms with Crippen LogP contribution in [0.1, 0.15) is 35.7 Å². The Kier molecular flexibility index (Phi) is 5.85. The summed E-state index contributed by atoms with van der Waals surface area (Å²) in [6.07, 6.45) is 6.27. The second-order valence-electron chi connectivity index (χ2n) is 9.00. The van der Waals surface area contributed by atoms with Gasteiger partial charge in [0.15, 0.2) is 11.5 Å². The van der Waals surface area contributed by atoms with Gasteiger partial charge in [0.25, 0.3) is 0 Å². The van der Waals surface area contributed by atoms with Gasteiger partial charge in [0, 0.05) is 41.6 Å². The summed E-state index contributed by atoms with van der Waals surface area (Å²) < 4.78 is 13.0. The summed E-state index contributed by atoms with van der Waals surface area (Å²) in [6.45, 7) is 5.35. The van der Waals surface area contributed by atoms with Crippen LogP contribution in [0.4, 0.5) is 0 Å². The molecule has 2 aromatic heterocycles. The molecule has 0 radical (unpaired) electrons. The van der Waals surface area contributed by atoms with Crippen molar-refractivity contribution in [2.75, 3.05) is 27.3 Å². The van der Waals surface area contributed by atoms with Crippen molar-refractivity contribution in [1.82, 2.24) is 19.4 Å². The van der Waals surface area contributed by atoms with Crippen molar-refractivity contribution >= 4 is 10.9 Å². The Morgan fingerprint density at radius 3 is 2.52 bits per heavy atom. The number of ether oxygens (including phenoxy) is 2. The first-order valence-corrected chi connectivity index (χ1v) is 11.6. The van der Waals surface area contributed by atoms with E-state index in [2.05, 4.69) is 57.7 Å². The maximum absolute atomic E-state index is 5.51. The van der Waals surface area contributed by atoms with Crippen molar-refractivity contribution in [3.05, 3.63) is 65.7 Å². The van der Waals surface area contributed by atoms with Gasteiger partial charge in [-0.2, -0.15) is 0 Å². The van der Waals surface area contributed by atoms with Gasteiger partial charge in [-0.3, -0.25) is 4.90 Å². The summed E-state index contributed by atoms with van der Waals surface area (Å²) in [5.41, 5.74) is 6.12. The van der Waals surface area contributed by atoms with Gasteiger partial charge in [-0.15, -0.1) is 0 Å². The minimum atomic E-state index is 0.603. The van der Waals surface area contributed by atoms with Gasteiger partial charge in [-0.25, -0.2) is 4.98 Å². The lowest BCUT2D eigenvalue weighted by atomic mass is 9.88. The molecule has 33 heavy (non-hydrogen) atoms. The second-order valence-corrected chi connectivity index (χ2v) is 9.00. The highest BCUT2D eigenvalue weighted by Gasteiger charge is 2.22. The molecule has 4 aromatic rings. The molecule has 1 aliphatic heterocycles. The van der Waals surface area contributed by atoms with E-state index in [1.54, 1.807) is 14.2 Å². The minimum absolute atomic E-state index is 0.603. The molecule has 1 saturated heterocycles. The fourth-order valence-corrected chi connectivity index (χ4v) is 5.05. The van der Waals surface area contributed by atoms with Gasteiger partial charge in [0.05, 0.1) is 20.8 Å². The maximum atomic E-state index is 5.51. The smallest absolute Gasteiger partial charge is 0.161 e. The molecule has 2 aromatic carbocycles. The number of likely N-dealkylation sites (tertiary alicyclic amines) is 1. The average Bonchev–Trinajstić information content (AvgIpc) is 3.41. The van der Waals surface area contributed by atoms with Crippen LogP contribution in [0.5, 0.6) is 11.5 Å². The zero-order valence-electron chi connectivity index (χ0n) is 19.9. The van der Waals surface area contributed by atoms with Crippen LogP contribution in [0.25, 0.3) is 22.2 Å². The number of benzene rings is 2. The van der Waals surface area contributed by atoms with Gasteiger partial charge < -0.3 is 19.0 Å². The van der Waals surface area contributed by atoms with Gasteiger partial charge in [0.2, 0.25) is 0 Å². The van der Waals surface area contributed by atoms with Crippen LogP contribution >= 0.6 is 0 Å². The quantitative estimate of drug-likeness (QED) is 0.440. The Hall–Kier alpha value is -3.25. The molecule has 5 rings (SSSR count). The summed E-state index contributed by atoms with van der Waals surface area (Å²) in [7, 11) is 5.41. The van der Waals surface area contributed by atoms with Crippen LogP contribution in [0, 0.1) is 6.92 Å². The van der Waals surface area contributed by atoms with Crippen LogP contribution in [0.3, 0.4) is 0 Å². The first-order valence-electron chi connectivity index (χ1n) is 11.6. The second kappa shape index (κ2) is 8.94. The number of fused-ring (bicyclic) bond motifs is 1. The third-order valence-electron chi connectivity index (χ3n) is 7.10. The van der Waals surface area contributed by atoms with Crippen LogP contribution in [-0.4, -0.2) is 46.7 Å². The minimum Gasteiger partial charge on any atom is -0.493 e. The van der Waals surface area contributed by atoms with Gasteiger partial charge >= 0.3 is 0 Å². The number of H-pyrrole nitrogens is 1. The molecule has 172 valence electrons. The lowest BCUT2D eigenvalue weighted by Crippen LogP contribution is -2.33. The van der Waals surface area contributed by atoms with Crippen LogP contribution in [0.2, 0.25) is 0 Å². The predicted molar refractivity (Wildman–Crippen MR) is 132 cm³/mol. The molecule has 1 N–H and O–H groups in total. The predicted octanol–water partition coefficient (Wildman–Crippen LogP) is 5.27. The monoisotopic (exact) mass is 444 g/mol. The van der Waals surface area contributed by atoms with E-state index in [0.29, 0.717) is 5.92 Å². The Morgan fingerprint density at radius 1 is 1.03 bits per heavy atom. The standard InChI is InChI=1S/C27H32N4O2/c1-18-22-15-20(19-9-12-31(13-10-19)17-26-28-11-14-30(26)2)5-7-23(22)29-27(18)21-6-8-24(32-3)25(16-21)33-4/h5-8,11,14-16,19,29H,9-10,12-13,17H2,1-4H3. The van der Waals surface area contributed by atoms with E-state index in [-0.39, 0.29) is 0 Å². The van der Waals surface area contributed by atoms with Crippen molar-refractivity contribution in [2.45, 2.75) is 32.2 Å². The van der Waals surface area contributed by atoms with Crippen molar-refractivity contribution < 1.29 is 9.47 Å². The number of piperidine rings is 1. The van der Waals surface area contributed by atoms with Gasteiger partial charge in [-0.1, -0.05) is 6.07 Å². The number of methoxy groups -OCH3 is 2. The number of aromatic nitrogens is 3. The summed E-state index contributed by atoms with van der Waals surface area (Å²) in [4.78, 5) is 10.6. The zero-order chi connectivity index (χ0) is 22.9. The largest absolute Gasteiger partial charge is 0.493 e. The zero-order valence-corrected chi connectivity index (χ0v) is 19.9. The molecule has 1 fully saturated rings. The number of rotatable bonds is 6. The van der Waals surface area contributed by atoms with E-state index in [0.717, 1.165) is 48.2 Å². The first-order chi connectivity index (χ1) is 16.1. The number of hydrogen-bond donors (Lipinski definition) is 1. The number of aromatic amines is 1. The van der Waals surface area contributed by atoms with E-state index in [4.69, 9.17) is 9.47 Å². The normalized spacial score (nSPS) is 15.3. The van der Waals surface area contributed by atoms with Crippen LogP contribution in [-0.2, 0) is 13.6 Å². The average molecular weight is 445 g/mol. The molecule has 0 unspecified atom stereocenters. The highest BCUT2D eigenvalue weighted by molar-refractivity contribution is 5.91. The van der Waals surface area contributed by atoms with Crippen molar-refractivity contribution in [3.63, 3.8) is 0 Å². The van der Waals surface area contributed by atoms with E-state index in [9.17, 15) is 0 Å². The van der Waals surface area contributed by atoms with Crippen LogP contribution in [0.15, 0.2) is 48.8 Å². The fourth-order valence-electron chi connectivity index (χ4n) is 5.05. The Bertz CT molecular complexity index is 1260. The molecule has 1 aliphatic rings. The lowest BCUT2D eigenvalue weighted by molar-refractivity contribution is 0.198. The van der Waals surface area contributed by atoms with E-state index in [1.165, 1.54) is 34.9 Å². The molecule has 0 atom stereocenters. The number of nitrogens with zero attached hydrogens (tertiary/aromatic N) is 3. The molecule has 3 heterocycles. The maximum Gasteiger partial charge on any atom is 0.161 e. The Morgan fingerprint density at radius 2 is 1.82 bits per heavy atom. The van der Waals surface area contributed by atoms with Crippen molar-refractivity contribution in [3.8, 4) is 22.8 Å². The molecule has 0 bridgehead atoms. The first kappa shape index (κ1) is 21.6. The third-order valence-corrected chi connectivity index (χ3v) is 7.10. The molecule has 0 amide bonds. The van der Waals surface area contributed by atoms with Crippen molar-refractivity contribution in [1.29, 1.82) is 0 Å². The highest BCUT2D eigenvalue weighted by Crippen LogP contribution is 2.37. The van der Waals surface area contributed by atoms with Gasteiger partial charge in [0.1, 0.15) is 5.82 Å². The highest BCUT2D eigenvalue weighted by atomic mass is 16.5. The fraction of sp³-hybridized carbons (Fsp3) is 0.370. The number of hydrogen-bond acceptors (Lipinski definition) is 4. The molecule has 0 saturated carbocycles. The Labute approximate surface area is 195 Å². The third kappa shape index (κ3) is 4.11. The number of imidazole rings is 1. The van der Waals surface area contributed by atoms with E-state index >= 15 is 0 Å². The Balaban J connectivity index is 1.35. The molecule has 0 aliphatic carbocycles. The molecule has 6 nitrogen and oxygen atoms in total. The molecule has 6 heteroatoms. The number of aryl methyl sites for hydroxylation is 2.